The first-order chi connectivity index (χ1) is 13.0. The molecule has 1 aliphatic rings. The predicted molar refractivity (Wildman–Crippen MR) is 99.4 cm³/mol. The molecule has 27 heavy (non-hydrogen) atoms. The maximum Gasteiger partial charge on any atom is 0.292 e. The van der Waals surface area contributed by atoms with Crippen molar-refractivity contribution in [1.29, 1.82) is 0 Å². The van der Waals surface area contributed by atoms with E-state index in [0.29, 0.717) is 47.4 Å². The fraction of sp³-hybridized carbons (Fsp3) is 0.238. The van der Waals surface area contributed by atoms with Gasteiger partial charge < -0.3 is 15.0 Å². The number of amides is 1. The third-order valence-corrected chi connectivity index (χ3v) is 4.87. The number of hydrogen-bond donors (Lipinski definition) is 2. The number of carbonyl (C=O) groups excluding carboxylic acids is 2. The molecule has 2 aromatic carbocycles. The van der Waals surface area contributed by atoms with E-state index < -0.39 is 23.5 Å². The van der Waals surface area contributed by atoms with Crippen LogP contribution in [0.5, 0.6) is 5.75 Å². The molecule has 0 spiro atoms. The van der Waals surface area contributed by atoms with Crippen molar-refractivity contribution >= 4 is 22.6 Å². The lowest BCUT2D eigenvalue weighted by atomic mass is 10.0. The number of halogens is 1. The molecule has 1 amide bonds. The Morgan fingerprint density at radius 3 is 2.89 bits per heavy atom. The normalized spacial score (nSPS) is 16.3. The minimum absolute atomic E-state index is 0.368. The lowest BCUT2D eigenvalue weighted by molar-refractivity contribution is -0.117. The van der Waals surface area contributed by atoms with Gasteiger partial charge in [-0.2, -0.15) is 0 Å². The van der Waals surface area contributed by atoms with Crippen molar-refractivity contribution in [2.45, 2.75) is 25.8 Å². The summed E-state index contributed by atoms with van der Waals surface area (Å²) in [4.78, 5) is 28.7. The van der Waals surface area contributed by atoms with Crippen molar-refractivity contribution in [3.63, 3.8) is 0 Å². The molecule has 0 bridgehead atoms. The van der Waals surface area contributed by atoms with Gasteiger partial charge in [0.1, 0.15) is 11.6 Å². The van der Waals surface area contributed by atoms with Gasteiger partial charge in [-0.3, -0.25) is 9.59 Å². The smallest absolute Gasteiger partial charge is 0.292 e. The van der Waals surface area contributed by atoms with Crippen LogP contribution in [0, 0.1) is 12.7 Å². The van der Waals surface area contributed by atoms with Gasteiger partial charge in [-0.15, -0.1) is 0 Å². The van der Waals surface area contributed by atoms with Gasteiger partial charge in [0, 0.05) is 22.2 Å². The quantitative estimate of drug-likeness (QED) is 0.547. The molecule has 0 radical (unpaired) electrons. The molecule has 1 aliphatic heterocycles. The number of carbonyl (C=O) groups is 2. The minimum atomic E-state index is -0.704. The highest BCUT2D eigenvalue weighted by Crippen LogP contribution is 2.32. The van der Waals surface area contributed by atoms with Crippen LogP contribution < -0.4 is 10.1 Å². The summed E-state index contributed by atoms with van der Waals surface area (Å²) in [6.07, 6.45) is 1.27. The number of ether oxygens (including phenoxy) is 1. The van der Waals surface area contributed by atoms with Crippen molar-refractivity contribution in [3.8, 4) is 5.75 Å². The highest BCUT2D eigenvalue weighted by molar-refractivity contribution is 6.45. The van der Waals surface area contributed by atoms with E-state index in [4.69, 9.17) is 4.74 Å². The van der Waals surface area contributed by atoms with E-state index in [2.05, 4.69) is 10.3 Å². The number of Topliss-reactive ketones (excluding diaryl/α,β-unsaturated/α-hetero) is 1. The molecular formula is C21H19FN2O3. The van der Waals surface area contributed by atoms with Crippen LogP contribution in [0.3, 0.4) is 0 Å². The fourth-order valence-corrected chi connectivity index (χ4v) is 3.60. The summed E-state index contributed by atoms with van der Waals surface area (Å²) in [7, 11) is 0. The van der Waals surface area contributed by atoms with E-state index in [1.54, 1.807) is 13.0 Å². The van der Waals surface area contributed by atoms with Crippen LogP contribution in [0.1, 0.15) is 40.5 Å². The van der Waals surface area contributed by atoms with Gasteiger partial charge in [0.05, 0.1) is 18.2 Å². The summed E-state index contributed by atoms with van der Waals surface area (Å²) in [5, 5.41) is 3.49. The molecule has 4 rings (SSSR count). The molecule has 0 saturated heterocycles. The topological polar surface area (TPSA) is 71.2 Å². The molecule has 1 aromatic heterocycles. The molecule has 0 unspecified atom stereocenters. The standard InChI is InChI=1S/C21H19FN2O3/c1-12-19(14-5-2-3-6-16(14)23-12)20(25)21(26)24-17-7-4-10-27-18-9-8-13(22)11-15(17)18/h2-3,5-6,8-9,11,17,23H,4,7,10H2,1H3,(H,24,26)/t17-/m0/s1. The van der Waals surface area contributed by atoms with Crippen LogP contribution >= 0.6 is 0 Å². The molecule has 2 heterocycles. The Morgan fingerprint density at radius 2 is 2.04 bits per heavy atom. The Morgan fingerprint density at radius 1 is 1.22 bits per heavy atom. The maximum atomic E-state index is 13.7. The molecule has 3 aromatic rings. The number of nitrogens with one attached hydrogen (secondary N) is 2. The van der Waals surface area contributed by atoms with Crippen LogP contribution in [-0.2, 0) is 4.79 Å². The zero-order valence-corrected chi connectivity index (χ0v) is 14.8. The molecule has 0 aliphatic carbocycles. The summed E-state index contributed by atoms with van der Waals surface area (Å²) < 4.78 is 19.3. The van der Waals surface area contributed by atoms with Gasteiger partial charge in [0.15, 0.2) is 0 Å². The van der Waals surface area contributed by atoms with Gasteiger partial charge in [0.2, 0.25) is 0 Å². The van der Waals surface area contributed by atoms with Crippen LogP contribution in [0.15, 0.2) is 42.5 Å². The number of aromatic nitrogens is 1. The van der Waals surface area contributed by atoms with E-state index in [0.717, 1.165) is 5.52 Å². The molecular weight excluding hydrogens is 347 g/mol. The largest absolute Gasteiger partial charge is 0.493 e. The first-order valence-corrected chi connectivity index (χ1v) is 8.89. The molecule has 2 N–H and O–H groups in total. The summed E-state index contributed by atoms with van der Waals surface area (Å²) in [5.41, 5.74) is 2.38. The first kappa shape index (κ1) is 17.3. The Labute approximate surface area is 155 Å². The van der Waals surface area contributed by atoms with E-state index in [1.807, 2.05) is 24.3 Å². The van der Waals surface area contributed by atoms with E-state index in [9.17, 15) is 14.0 Å². The number of hydrogen-bond acceptors (Lipinski definition) is 3. The average Bonchev–Trinajstić information content (AvgIpc) is 2.87. The highest BCUT2D eigenvalue weighted by atomic mass is 19.1. The number of aryl methyl sites for hydroxylation is 1. The van der Waals surface area contributed by atoms with E-state index in [-0.39, 0.29) is 0 Å². The number of H-pyrrole nitrogens is 1. The van der Waals surface area contributed by atoms with E-state index in [1.165, 1.54) is 12.1 Å². The molecule has 6 heteroatoms. The zero-order chi connectivity index (χ0) is 19.0. The first-order valence-electron chi connectivity index (χ1n) is 8.89. The molecule has 1 atom stereocenters. The number of ketones is 1. The fourth-order valence-electron chi connectivity index (χ4n) is 3.60. The van der Waals surface area contributed by atoms with Crippen molar-refractivity contribution in [2.75, 3.05) is 6.61 Å². The Hall–Kier alpha value is -3.15. The second-order valence-electron chi connectivity index (χ2n) is 6.70. The highest BCUT2D eigenvalue weighted by Gasteiger charge is 2.27. The Bertz CT molecular complexity index is 1040. The van der Waals surface area contributed by atoms with Crippen LogP contribution in [0.4, 0.5) is 4.39 Å². The lowest BCUT2D eigenvalue weighted by Gasteiger charge is -2.18. The van der Waals surface area contributed by atoms with Gasteiger partial charge in [-0.1, -0.05) is 18.2 Å². The van der Waals surface area contributed by atoms with Crippen molar-refractivity contribution in [1.82, 2.24) is 10.3 Å². The predicted octanol–water partition coefficient (Wildman–Crippen LogP) is 3.83. The number of benzene rings is 2. The van der Waals surface area contributed by atoms with Crippen LogP contribution in [0.25, 0.3) is 10.9 Å². The minimum Gasteiger partial charge on any atom is -0.493 e. The third-order valence-electron chi connectivity index (χ3n) is 4.87. The van der Waals surface area contributed by atoms with Crippen LogP contribution in [-0.4, -0.2) is 23.3 Å². The number of fused-ring (bicyclic) bond motifs is 2. The van der Waals surface area contributed by atoms with Gasteiger partial charge >= 0.3 is 0 Å². The number of aromatic amines is 1. The maximum absolute atomic E-state index is 13.7. The van der Waals surface area contributed by atoms with Crippen molar-refractivity contribution in [3.05, 3.63) is 65.1 Å². The lowest BCUT2D eigenvalue weighted by Crippen LogP contribution is -2.34. The van der Waals surface area contributed by atoms with Crippen LogP contribution in [0.2, 0.25) is 0 Å². The molecule has 0 saturated carbocycles. The third kappa shape index (κ3) is 3.18. The Balaban J connectivity index is 1.63. The number of para-hydroxylation sites is 1. The van der Waals surface area contributed by atoms with E-state index >= 15 is 0 Å². The van der Waals surface area contributed by atoms with Crippen molar-refractivity contribution in [2.24, 2.45) is 0 Å². The second kappa shape index (κ2) is 6.87. The van der Waals surface area contributed by atoms with Gasteiger partial charge in [-0.25, -0.2) is 4.39 Å². The monoisotopic (exact) mass is 366 g/mol. The van der Waals surface area contributed by atoms with Gasteiger partial charge in [0.25, 0.3) is 11.7 Å². The SMILES string of the molecule is Cc1[nH]c2ccccc2c1C(=O)C(=O)N[C@H]1CCCOc2ccc(F)cc21. The van der Waals surface area contributed by atoms with Crippen molar-refractivity contribution < 1.29 is 18.7 Å². The van der Waals surface area contributed by atoms with Gasteiger partial charge in [-0.05, 0) is 44.0 Å². The second-order valence-corrected chi connectivity index (χ2v) is 6.70. The zero-order valence-electron chi connectivity index (χ0n) is 14.8. The molecule has 0 fully saturated rings. The summed E-state index contributed by atoms with van der Waals surface area (Å²) in [6.45, 7) is 2.26. The summed E-state index contributed by atoms with van der Waals surface area (Å²) >= 11 is 0. The average molecular weight is 366 g/mol. The number of rotatable bonds is 3. The summed E-state index contributed by atoms with van der Waals surface area (Å²) in [6, 6.07) is 11.1. The molecule has 5 nitrogen and oxygen atoms in total. The molecule has 138 valence electrons. The summed E-state index contributed by atoms with van der Waals surface area (Å²) in [5.74, 6) is -1.18. The Kier molecular flexibility index (Phi) is 4.39.